The van der Waals surface area contributed by atoms with Gasteiger partial charge < -0.3 is 9.04 Å². The van der Waals surface area contributed by atoms with Gasteiger partial charge in [-0.25, -0.2) is 8.42 Å². The van der Waals surface area contributed by atoms with Gasteiger partial charge in [-0.05, 0) is 12.2 Å². The molecule has 0 rings (SSSR count). The monoisotopic (exact) mass is 263 g/mol. The Labute approximate surface area is 104 Å². The van der Waals surface area contributed by atoms with E-state index in [2.05, 4.69) is 38.0 Å². The molecular formula is C11H21NO4S. The maximum Gasteiger partial charge on any atom is 0.217 e. The lowest BCUT2D eigenvalue weighted by Crippen LogP contribution is -2.39. The van der Waals surface area contributed by atoms with Crippen LogP contribution in [-0.4, -0.2) is 51.2 Å². The first kappa shape index (κ1) is 18.4. The van der Waals surface area contributed by atoms with Crippen LogP contribution >= 0.6 is 0 Å². The smallest absolute Gasteiger partial charge is 0.217 e. The molecule has 0 N–H and O–H groups in total. The van der Waals surface area contributed by atoms with E-state index in [0.29, 0.717) is 0 Å². The molecule has 0 radical (unpaired) electrons. The van der Waals surface area contributed by atoms with Crippen LogP contribution in [0.15, 0.2) is 38.0 Å². The van der Waals surface area contributed by atoms with Crippen LogP contribution in [0.2, 0.25) is 0 Å². The van der Waals surface area contributed by atoms with Gasteiger partial charge in [-0.3, -0.25) is 4.18 Å². The van der Waals surface area contributed by atoms with Gasteiger partial charge in [0.2, 0.25) is 10.4 Å². The van der Waals surface area contributed by atoms with E-state index < -0.39 is 10.4 Å². The highest BCUT2D eigenvalue weighted by Gasteiger charge is 2.07. The Morgan fingerprint density at radius 2 is 1.53 bits per heavy atom. The second-order valence-electron chi connectivity index (χ2n) is 3.86. The molecule has 0 amide bonds. The van der Waals surface area contributed by atoms with Gasteiger partial charge in [0.05, 0.1) is 33.8 Å². The SMILES string of the molecule is C=CCOS(=O)(=O)[O-].C=CC[N+](C)(C)CC=C. The van der Waals surface area contributed by atoms with Gasteiger partial charge in [-0.2, -0.15) is 0 Å². The minimum atomic E-state index is -4.51. The van der Waals surface area contributed by atoms with Gasteiger partial charge in [0.1, 0.15) is 0 Å². The van der Waals surface area contributed by atoms with Gasteiger partial charge in [0, 0.05) is 0 Å². The highest BCUT2D eigenvalue weighted by Crippen LogP contribution is 1.95. The fourth-order valence-corrected chi connectivity index (χ4v) is 1.17. The Bertz CT molecular complexity index is 321. The van der Waals surface area contributed by atoms with Gasteiger partial charge in [-0.15, -0.1) is 6.58 Å². The van der Waals surface area contributed by atoms with Crippen LogP contribution in [0.1, 0.15) is 0 Å². The van der Waals surface area contributed by atoms with Gasteiger partial charge in [0.15, 0.2) is 0 Å². The van der Waals surface area contributed by atoms with Crippen LogP contribution in [0.4, 0.5) is 0 Å². The summed E-state index contributed by atoms with van der Waals surface area (Å²) in [4.78, 5) is 0. The molecule has 100 valence electrons. The standard InChI is InChI=1S/C8H16N.C3H6O4S/c1-5-7-9(3,4)8-6-2;1-2-3-7-8(4,5)6/h5-6H,1-2,7-8H2,3-4H3;2H,1,3H2,(H,4,5,6)/q+1;/p-1. The number of quaternary nitrogens is 1. The molecule has 0 aromatic heterocycles. The van der Waals surface area contributed by atoms with E-state index in [-0.39, 0.29) is 6.61 Å². The zero-order valence-electron chi connectivity index (χ0n) is 10.5. The summed E-state index contributed by atoms with van der Waals surface area (Å²) in [6.45, 7) is 12.2. The van der Waals surface area contributed by atoms with E-state index in [4.69, 9.17) is 0 Å². The Kier molecular flexibility index (Phi) is 9.88. The molecule has 0 fully saturated rings. The quantitative estimate of drug-likeness (QED) is 0.298. The lowest BCUT2D eigenvalue weighted by Gasteiger charge is -2.26. The van der Waals surface area contributed by atoms with E-state index >= 15 is 0 Å². The molecule has 0 saturated carbocycles. The molecule has 0 heterocycles. The molecule has 0 aliphatic heterocycles. The third-order valence-corrected chi connectivity index (χ3v) is 2.00. The van der Waals surface area contributed by atoms with Crippen molar-refractivity contribution in [2.75, 3.05) is 33.8 Å². The first-order valence-electron chi connectivity index (χ1n) is 4.93. The Hall–Kier alpha value is -0.950. The van der Waals surface area contributed by atoms with Crippen LogP contribution in [0, 0.1) is 0 Å². The number of hydrogen-bond donors (Lipinski definition) is 0. The summed E-state index contributed by atoms with van der Waals surface area (Å²) < 4.78 is 33.3. The highest BCUT2D eigenvalue weighted by molar-refractivity contribution is 7.80. The third-order valence-electron chi connectivity index (χ3n) is 1.58. The Morgan fingerprint density at radius 3 is 1.71 bits per heavy atom. The van der Waals surface area contributed by atoms with E-state index in [1.807, 2.05) is 12.2 Å². The van der Waals surface area contributed by atoms with E-state index in [1.165, 1.54) is 6.08 Å². The second kappa shape index (κ2) is 9.12. The van der Waals surface area contributed by atoms with E-state index in [1.54, 1.807) is 0 Å². The molecule has 0 aliphatic rings. The molecular weight excluding hydrogens is 242 g/mol. The van der Waals surface area contributed by atoms with Crippen molar-refractivity contribution in [3.05, 3.63) is 38.0 Å². The van der Waals surface area contributed by atoms with Gasteiger partial charge in [-0.1, -0.05) is 19.2 Å². The highest BCUT2D eigenvalue weighted by atomic mass is 32.3. The number of nitrogens with zero attached hydrogens (tertiary/aromatic N) is 1. The molecule has 0 spiro atoms. The van der Waals surface area contributed by atoms with Gasteiger partial charge in [0.25, 0.3) is 0 Å². The summed E-state index contributed by atoms with van der Waals surface area (Å²) in [7, 11) is -0.195. The van der Waals surface area contributed by atoms with Crippen molar-refractivity contribution in [1.82, 2.24) is 0 Å². The summed E-state index contributed by atoms with van der Waals surface area (Å²) in [6.07, 6.45) is 5.04. The molecule has 0 saturated heterocycles. The fourth-order valence-electron chi connectivity index (χ4n) is 0.905. The van der Waals surface area contributed by atoms with E-state index in [9.17, 15) is 13.0 Å². The molecule has 0 bridgehead atoms. The normalized spacial score (nSPS) is 11.0. The van der Waals surface area contributed by atoms with Gasteiger partial charge >= 0.3 is 0 Å². The fraction of sp³-hybridized carbons (Fsp3) is 0.455. The molecule has 17 heavy (non-hydrogen) atoms. The van der Waals surface area contributed by atoms with Crippen LogP contribution in [0.25, 0.3) is 0 Å². The zero-order chi connectivity index (χ0) is 13.9. The van der Waals surface area contributed by atoms with Crippen molar-refractivity contribution in [2.45, 2.75) is 0 Å². The minimum absolute atomic E-state index is 0.258. The second-order valence-corrected chi connectivity index (χ2v) is 4.91. The van der Waals surface area contributed by atoms with Crippen molar-refractivity contribution in [3.63, 3.8) is 0 Å². The average molecular weight is 263 g/mol. The lowest BCUT2D eigenvalue weighted by molar-refractivity contribution is -0.878. The maximum absolute atomic E-state index is 9.56. The molecule has 0 aliphatic carbocycles. The summed E-state index contributed by atoms with van der Waals surface area (Å²) in [5, 5.41) is 0. The zero-order valence-corrected chi connectivity index (χ0v) is 11.3. The molecule has 0 atom stereocenters. The summed E-state index contributed by atoms with van der Waals surface area (Å²) in [5.74, 6) is 0. The largest absolute Gasteiger partial charge is 0.726 e. The van der Waals surface area contributed by atoms with Crippen molar-refractivity contribution < 1.29 is 21.6 Å². The van der Waals surface area contributed by atoms with Crippen LogP contribution in [0.3, 0.4) is 0 Å². The summed E-state index contributed by atoms with van der Waals surface area (Å²) in [5.41, 5.74) is 0. The van der Waals surface area contributed by atoms with Crippen molar-refractivity contribution in [2.24, 2.45) is 0 Å². The molecule has 5 nitrogen and oxygen atoms in total. The maximum atomic E-state index is 9.56. The Balaban J connectivity index is 0. The molecule has 0 aromatic rings. The molecule has 0 unspecified atom stereocenters. The summed E-state index contributed by atoms with van der Waals surface area (Å²) in [6, 6.07) is 0. The third kappa shape index (κ3) is 17.7. The van der Waals surface area contributed by atoms with Crippen molar-refractivity contribution in [1.29, 1.82) is 0 Å². The average Bonchev–Trinajstić information content (AvgIpc) is 2.14. The summed E-state index contributed by atoms with van der Waals surface area (Å²) >= 11 is 0. The predicted octanol–water partition coefficient (Wildman–Crippen LogP) is 1.08. The van der Waals surface area contributed by atoms with Crippen LogP contribution in [-0.2, 0) is 14.6 Å². The number of likely N-dealkylation sites (N-methyl/N-ethyl adjacent to an activating group) is 1. The predicted molar refractivity (Wildman–Crippen MR) is 68.1 cm³/mol. The topological polar surface area (TPSA) is 66.4 Å². The molecule has 0 aromatic carbocycles. The number of rotatable bonds is 7. The first-order valence-corrected chi connectivity index (χ1v) is 6.27. The van der Waals surface area contributed by atoms with Crippen molar-refractivity contribution in [3.8, 4) is 0 Å². The van der Waals surface area contributed by atoms with Crippen LogP contribution < -0.4 is 0 Å². The van der Waals surface area contributed by atoms with Crippen LogP contribution in [0.5, 0.6) is 0 Å². The first-order chi connectivity index (χ1) is 7.68. The van der Waals surface area contributed by atoms with E-state index in [0.717, 1.165) is 17.6 Å². The Morgan fingerprint density at radius 1 is 1.12 bits per heavy atom. The molecule has 6 heteroatoms. The minimum Gasteiger partial charge on any atom is -0.726 e. The van der Waals surface area contributed by atoms with Crippen molar-refractivity contribution >= 4 is 10.4 Å². The lowest BCUT2D eigenvalue weighted by atomic mass is 10.4. The number of hydrogen-bond acceptors (Lipinski definition) is 4.